The zero-order valence-electron chi connectivity index (χ0n) is 7.38. The van der Waals surface area contributed by atoms with Crippen LogP contribution in [0.1, 0.15) is 39.0 Å². The molecule has 64 valence electrons. The van der Waals surface area contributed by atoms with Crippen molar-refractivity contribution in [2.45, 2.75) is 45.1 Å². The molecule has 2 fully saturated rings. The van der Waals surface area contributed by atoms with E-state index in [0.717, 1.165) is 18.4 Å². The van der Waals surface area contributed by atoms with Crippen molar-refractivity contribution in [2.24, 2.45) is 11.8 Å². The highest BCUT2D eigenvalue weighted by Gasteiger charge is 2.33. The summed E-state index contributed by atoms with van der Waals surface area (Å²) in [5, 5.41) is 0. The molecule has 0 radical (unpaired) electrons. The molecule has 1 nitrogen and oxygen atoms in total. The molecule has 1 aliphatic carbocycles. The van der Waals surface area contributed by atoms with Gasteiger partial charge in [0.2, 0.25) is 0 Å². The molecule has 2 rings (SSSR count). The molecule has 0 N–H and O–H groups in total. The molecule has 3 unspecified atom stereocenters. The fourth-order valence-corrected chi connectivity index (χ4v) is 2.67. The van der Waals surface area contributed by atoms with Crippen molar-refractivity contribution in [1.29, 1.82) is 0 Å². The number of hydrogen-bond donors (Lipinski definition) is 0. The van der Waals surface area contributed by atoms with Gasteiger partial charge >= 0.3 is 0 Å². The molecule has 0 bridgehead atoms. The first-order chi connectivity index (χ1) is 5.38. The summed E-state index contributed by atoms with van der Waals surface area (Å²) < 4.78 is 5.79. The number of fused-ring (bicyclic) bond motifs is 1. The minimum atomic E-state index is 0.623. The van der Waals surface area contributed by atoms with Crippen LogP contribution in [0.3, 0.4) is 0 Å². The average molecular weight is 154 g/mol. The largest absolute Gasteiger partial charge is 0.378 e. The lowest BCUT2D eigenvalue weighted by atomic mass is 9.76. The van der Waals surface area contributed by atoms with Gasteiger partial charge < -0.3 is 4.74 Å². The molecule has 11 heavy (non-hydrogen) atoms. The molecule has 1 saturated heterocycles. The lowest BCUT2D eigenvalue weighted by Gasteiger charge is -2.39. The van der Waals surface area contributed by atoms with E-state index in [9.17, 15) is 0 Å². The van der Waals surface area contributed by atoms with E-state index in [-0.39, 0.29) is 0 Å². The van der Waals surface area contributed by atoms with Gasteiger partial charge in [0, 0.05) is 6.61 Å². The first-order valence-corrected chi connectivity index (χ1v) is 4.99. The molecule has 0 amide bonds. The Labute approximate surface area is 69.1 Å². The first-order valence-electron chi connectivity index (χ1n) is 4.99. The number of rotatable bonds is 0. The maximum Gasteiger partial charge on any atom is 0.0628 e. The highest BCUT2D eigenvalue weighted by molar-refractivity contribution is 4.83. The van der Waals surface area contributed by atoms with Gasteiger partial charge in [-0.25, -0.2) is 0 Å². The van der Waals surface area contributed by atoms with Gasteiger partial charge in [0.05, 0.1) is 6.10 Å². The number of ether oxygens (including phenoxy) is 1. The van der Waals surface area contributed by atoms with E-state index in [1.807, 2.05) is 0 Å². The van der Waals surface area contributed by atoms with E-state index in [2.05, 4.69) is 6.92 Å². The lowest BCUT2D eigenvalue weighted by Crippen LogP contribution is -2.37. The fraction of sp³-hybridized carbons (Fsp3) is 1.00. The van der Waals surface area contributed by atoms with Crippen molar-refractivity contribution in [3.05, 3.63) is 0 Å². The van der Waals surface area contributed by atoms with Gasteiger partial charge in [0.1, 0.15) is 0 Å². The smallest absolute Gasteiger partial charge is 0.0628 e. The van der Waals surface area contributed by atoms with E-state index in [1.165, 1.54) is 32.1 Å². The zero-order chi connectivity index (χ0) is 7.68. The van der Waals surface area contributed by atoms with E-state index < -0.39 is 0 Å². The summed E-state index contributed by atoms with van der Waals surface area (Å²) in [6, 6.07) is 0. The Kier molecular flexibility index (Phi) is 2.17. The molecule has 0 aromatic heterocycles. The maximum absolute atomic E-state index is 5.79. The van der Waals surface area contributed by atoms with Crippen molar-refractivity contribution >= 4 is 0 Å². The molecule has 0 aromatic carbocycles. The van der Waals surface area contributed by atoms with Crippen LogP contribution in [-0.4, -0.2) is 12.7 Å². The third-order valence-electron chi connectivity index (χ3n) is 3.29. The Morgan fingerprint density at radius 3 is 2.73 bits per heavy atom. The third kappa shape index (κ3) is 1.44. The van der Waals surface area contributed by atoms with Crippen molar-refractivity contribution in [1.82, 2.24) is 0 Å². The molecule has 0 aromatic rings. The summed E-state index contributed by atoms with van der Waals surface area (Å²) in [5.41, 5.74) is 0. The molecule has 1 aliphatic heterocycles. The Hall–Kier alpha value is -0.0400. The Morgan fingerprint density at radius 1 is 1.09 bits per heavy atom. The van der Waals surface area contributed by atoms with E-state index in [1.54, 1.807) is 0 Å². The standard InChI is InChI=1S/C10H18O/c1-8-4-2-5-9-6-3-7-11-10(8)9/h8-10H,2-7H2,1H3. The Morgan fingerprint density at radius 2 is 1.91 bits per heavy atom. The lowest BCUT2D eigenvalue weighted by molar-refractivity contribution is -0.0754. The van der Waals surface area contributed by atoms with Crippen molar-refractivity contribution < 1.29 is 4.74 Å². The van der Waals surface area contributed by atoms with Crippen LogP contribution in [-0.2, 0) is 4.74 Å². The molecule has 1 saturated carbocycles. The molecular weight excluding hydrogens is 136 g/mol. The van der Waals surface area contributed by atoms with Crippen LogP contribution < -0.4 is 0 Å². The van der Waals surface area contributed by atoms with Crippen LogP contribution in [0, 0.1) is 11.8 Å². The van der Waals surface area contributed by atoms with Crippen molar-refractivity contribution in [2.75, 3.05) is 6.61 Å². The quantitative estimate of drug-likeness (QED) is 0.521. The highest BCUT2D eigenvalue weighted by Crippen LogP contribution is 2.36. The molecule has 3 atom stereocenters. The minimum absolute atomic E-state index is 0.623. The predicted molar refractivity (Wildman–Crippen MR) is 45.5 cm³/mol. The summed E-state index contributed by atoms with van der Waals surface area (Å²) in [7, 11) is 0. The fourth-order valence-electron chi connectivity index (χ4n) is 2.67. The van der Waals surface area contributed by atoms with Crippen LogP contribution in [0.15, 0.2) is 0 Å². The first kappa shape index (κ1) is 7.60. The van der Waals surface area contributed by atoms with Gasteiger partial charge in [-0.2, -0.15) is 0 Å². The van der Waals surface area contributed by atoms with E-state index in [4.69, 9.17) is 4.74 Å². The summed E-state index contributed by atoms with van der Waals surface area (Å²) in [5.74, 6) is 1.74. The zero-order valence-corrected chi connectivity index (χ0v) is 7.38. The molecule has 1 heterocycles. The molecule has 0 spiro atoms. The molecule has 1 heteroatoms. The second-order valence-electron chi connectivity index (χ2n) is 4.15. The summed E-state index contributed by atoms with van der Waals surface area (Å²) in [4.78, 5) is 0. The van der Waals surface area contributed by atoms with Gasteiger partial charge in [0.15, 0.2) is 0 Å². The summed E-state index contributed by atoms with van der Waals surface area (Å²) in [6.07, 6.45) is 7.60. The molecular formula is C10H18O. The van der Waals surface area contributed by atoms with Crippen molar-refractivity contribution in [3.8, 4) is 0 Å². The second kappa shape index (κ2) is 3.14. The Bertz CT molecular complexity index is 131. The third-order valence-corrected chi connectivity index (χ3v) is 3.29. The van der Waals surface area contributed by atoms with Gasteiger partial charge in [-0.05, 0) is 37.5 Å². The van der Waals surface area contributed by atoms with Crippen LogP contribution in [0.2, 0.25) is 0 Å². The number of hydrogen-bond acceptors (Lipinski definition) is 1. The highest BCUT2D eigenvalue weighted by atomic mass is 16.5. The van der Waals surface area contributed by atoms with Gasteiger partial charge in [-0.3, -0.25) is 0 Å². The van der Waals surface area contributed by atoms with Gasteiger partial charge in [0.25, 0.3) is 0 Å². The monoisotopic (exact) mass is 154 g/mol. The SMILES string of the molecule is CC1CCCC2CCCOC12. The summed E-state index contributed by atoms with van der Waals surface area (Å²) in [6.45, 7) is 3.37. The van der Waals surface area contributed by atoms with E-state index in [0.29, 0.717) is 6.10 Å². The second-order valence-corrected chi connectivity index (χ2v) is 4.15. The van der Waals surface area contributed by atoms with Crippen LogP contribution in [0.4, 0.5) is 0 Å². The minimum Gasteiger partial charge on any atom is -0.378 e. The Balaban J connectivity index is 1.99. The van der Waals surface area contributed by atoms with Crippen LogP contribution in [0.5, 0.6) is 0 Å². The maximum atomic E-state index is 5.79. The average Bonchev–Trinajstić information content (AvgIpc) is 2.06. The normalized spacial score (nSPS) is 45.0. The van der Waals surface area contributed by atoms with Gasteiger partial charge in [-0.1, -0.05) is 13.3 Å². The molecule has 2 aliphatic rings. The topological polar surface area (TPSA) is 9.23 Å². The van der Waals surface area contributed by atoms with Crippen LogP contribution in [0.25, 0.3) is 0 Å². The van der Waals surface area contributed by atoms with E-state index >= 15 is 0 Å². The van der Waals surface area contributed by atoms with Crippen LogP contribution >= 0.6 is 0 Å². The van der Waals surface area contributed by atoms with Gasteiger partial charge in [-0.15, -0.1) is 0 Å². The van der Waals surface area contributed by atoms with Crippen molar-refractivity contribution in [3.63, 3.8) is 0 Å². The summed E-state index contributed by atoms with van der Waals surface area (Å²) >= 11 is 0. The predicted octanol–water partition coefficient (Wildman–Crippen LogP) is 2.60.